The lowest BCUT2D eigenvalue weighted by Crippen LogP contribution is -2.51. The van der Waals surface area contributed by atoms with Gasteiger partial charge in [0.2, 0.25) is 6.41 Å². The van der Waals surface area contributed by atoms with E-state index in [-0.39, 0.29) is 0 Å². The number of amides is 1. The molecule has 5 nitrogen and oxygen atoms in total. The molecule has 0 aliphatic heterocycles. The van der Waals surface area contributed by atoms with Crippen molar-refractivity contribution in [2.75, 3.05) is 7.11 Å². The van der Waals surface area contributed by atoms with E-state index in [1.165, 1.54) is 12.5 Å². The fourth-order valence-corrected chi connectivity index (χ4v) is 3.03. The average Bonchev–Trinajstić information content (AvgIpc) is 3.06. The summed E-state index contributed by atoms with van der Waals surface area (Å²) in [5.74, 6) is -0.472. The Morgan fingerprint density at radius 2 is 1.88 bits per heavy atom. The number of hydrogen-bond donors (Lipinski definition) is 1. The number of carbonyl (C=O) groups is 2. The number of para-hydroxylation sites is 1. The molecule has 1 N–H and O–H groups in total. The van der Waals surface area contributed by atoms with Gasteiger partial charge in [0, 0.05) is 18.3 Å². The van der Waals surface area contributed by atoms with Gasteiger partial charge in [-0.2, -0.15) is 0 Å². The van der Waals surface area contributed by atoms with E-state index >= 15 is 0 Å². The zero-order valence-corrected chi connectivity index (χ0v) is 14.2. The van der Waals surface area contributed by atoms with Crippen molar-refractivity contribution in [2.24, 2.45) is 0 Å². The molecule has 0 saturated carbocycles. The molecule has 0 fully saturated rings. The quantitative estimate of drug-likeness (QED) is 0.556. The molecule has 0 spiro atoms. The lowest BCUT2D eigenvalue weighted by atomic mass is 9.93. The Hall–Kier alpha value is -3.08. The Morgan fingerprint density at radius 3 is 2.56 bits per heavy atom. The summed E-state index contributed by atoms with van der Waals surface area (Å²) in [7, 11) is 1.31. The third kappa shape index (κ3) is 3.26. The normalized spacial score (nSPS) is 13.2. The van der Waals surface area contributed by atoms with Crippen molar-refractivity contribution in [3.8, 4) is 5.69 Å². The van der Waals surface area contributed by atoms with Gasteiger partial charge >= 0.3 is 5.97 Å². The van der Waals surface area contributed by atoms with E-state index in [0.717, 1.165) is 16.8 Å². The van der Waals surface area contributed by atoms with E-state index in [1.807, 2.05) is 42.6 Å². The fraction of sp³-hybridized carbons (Fsp3) is 0.200. The summed E-state index contributed by atoms with van der Waals surface area (Å²) in [4.78, 5) is 22.8. The van der Waals surface area contributed by atoms with Crippen LogP contribution < -0.4 is 5.32 Å². The lowest BCUT2D eigenvalue weighted by molar-refractivity contribution is -0.148. The molecule has 0 aliphatic rings. The monoisotopic (exact) mass is 336 g/mol. The van der Waals surface area contributed by atoms with Crippen LogP contribution in [-0.2, 0) is 20.7 Å². The van der Waals surface area contributed by atoms with Crippen LogP contribution in [0.5, 0.6) is 0 Å². The van der Waals surface area contributed by atoms with Gasteiger partial charge in [0.25, 0.3) is 0 Å². The predicted molar refractivity (Wildman–Crippen MR) is 96.6 cm³/mol. The largest absolute Gasteiger partial charge is 0.467 e. The number of carbonyl (C=O) groups excluding carboxylic acids is 2. The summed E-state index contributed by atoms with van der Waals surface area (Å²) >= 11 is 0. The van der Waals surface area contributed by atoms with Gasteiger partial charge in [0.15, 0.2) is 0 Å². The van der Waals surface area contributed by atoms with Crippen LogP contribution in [0.4, 0.5) is 0 Å². The Kier molecular flexibility index (Phi) is 4.57. The summed E-state index contributed by atoms with van der Waals surface area (Å²) < 4.78 is 6.92. The van der Waals surface area contributed by atoms with E-state index in [2.05, 4.69) is 28.1 Å². The third-order valence-electron chi connectivity index (χ3n) is 4.39. The highest BCUT2D eigenvalue weighted by atomic mass is 16.5. The Morgan fingerprint density at radius 1 is 1.16 bits per heavy atom. The molecule has 0 bridgehead atoms. The maximum Gasteiger partial charge on any atom is 0.331 e. The number of methoxy groups -OCH3 is 1. The smallest absolute Gasteiger partial charge is 0.331 e. The standard InChI is InChI=1S/C20H20N2O3/c1-20(21-14-23,19(24)25-2)13-15-7-9-17(10-8-15)22-12-11-16-5-3-4-6-18(16)22/h3-12,14H,13H2,1-2H3,(H,21,23)/t20-/m0/s1. The molecule has 25 heavy (non-hydrogen) atoms. The first-order valence-corrected chi connectivity index (χ1v) is 8.02. The molecule has 1 amide bonds. The zero-order chi connectivity index (χ0) is 17.9. The molecular weight excluding hydrogens is 316 g/mol. The minimum absolute atomic E-state index is 0.352. The molecule has 1 atom stereocenters. The van der Waals surface area contributed by atoms with Crippen LogP contribution in [0.15, 0.2) is 60.8 Å². The van der Waals surface area contributed by atoms with Crippen LogP contribution in [-0.4, -0.2) is 29.6 Å². The zero-order valence-electron chi connectivity index (χ0n) is 14.2. The summed E-state index contributed by atoms with van der Waals surface area (Å²) in [5.41, 5.74) is 2.02. The summed E-state index contributed by atoms with van der Waals surface area (Å²) in [5, 5.41) is 3.74. The van der Waals surface area contributed by atoms with Gasteiger partial charge in [0.1, 0.15) is 5.54 Å². The first-order chi connectivity index (χ1) is 12.1. The van der Waals surface area contributed by atoms with Gasteiger partial charge in [-0.05, 0) is 42.1 Å². The van der Waals surface area contributed by atoms with Crippen molar-refractivity contribution < 1.29 is 14.3 Å². The summed E-state index contributed by atoms with van der Waals surface area (Å²) in [6.07, 6.45) is 2.91. The molecule has 0 unspecified atom stereocenters. The third-order valence-corrected chi connectivity index (χ3v) is 4.39. The molecule has 3 rings (SSSR count). The number of fused-ring (bicyclic) bond motifs is 1. The number of aromatic nitrogens is 1. The van der Waals surface area contributed by atoms with Gasteiger partial charge in [0.05, 0.1) is 12.6 Å². The highest BCUT2D eigenvalue weighted by Crippen LogP contribution is 2.22. The number of nitrogens with zero attached hydrogens (tertiary/aromatic N) is 1. The second-order valence-electron chi connectivity index (χ2n) is 6.17. The molecular formula is C20H20N2O3. The highest BCUT2D eigenvalue weighted by Gasteiger charge is 2.34. The Labute approximate surface area is 146 Å². The molecule has 0 saturated heterocycles. The fourth-order valence-electron chi connectivity index (χ4n) is 3.03. The summed E-state index contributed by atoms with van der Waals surface area (Å²) in [6.45, 7) is 1.65. The Bertz CT molecular complexity index is 899. The van der Waals surface area contributed by atoms with Crippen molar-refractivity contribution in [3.63, 3.8) is 0 Å². The SMILES string of the molecule is COC(=O)[C@](C)(Cc1ccc(-n2ccc3ccccc32)cc1)NC=O. The molecule has 1 heterocycles. The summed E-state index contributed by atoms with van der Waals surface area (Å²) in [6, 6.07) is 18.2. The lowest BCUT2D eigenvalue weighted by Gasteiger charge is -2.26. The molecule has 0 radical (unpaired) electrons. The van der Waals surface area contributed by atoms with Gasteiger partial charge < -0.3 is 14.6 Å². The number of esters is 1. The minimum Gasteiger partial charge on any atom is -0.467 e. The molecule has 0 aliphatic carbocycles. The topological polar surface area (TPSA) is 60.3 Å². The van der Waals surface area contributed by atoms with Gasteiger partial charge in [-0.3, -0.25) is 4.79 Å². The van der Waals surface area contributed by atoms with E-state index in [4.69, 9.17) is 4.74 Å². The Balaban J connectivity index is 1.87. The van der Waals surface area contributed by atoms with Crippen molar-refractivity contribution in [1.82, 2.24) is 9.88 Å². The van der Waals surface area contributed by atoms with Crippen molar-refractivity contribution in [3.05, 3.63) is 66.4 Å². The van der Waals surface area contributed by atoms with Crippen LogP contribution in [0.2, 0.25) is 0 Å². The number of hydrogen-bond acceptors (Lipinski definition) is 3. The van der Waals surface area contributed by atoms with Crippen LogP contribution in [0, 0.1) is 0 Å². The molecule has 128 valence electrons. The van der Waals surface area contributed by atoms with Crippen molar-refractivity contribution >= 4 is 23.3 Å². The van der Waals surface area contributed by atoms with Crippen LogP contribution in [0.1, 0.15) is 12.5 Å². The van der Waals surface area contributed by atoms with Crippen LogP contribution in [0.25, 0.3) is 16.6 Å². The van der Waals surface area contributed by atoms with E-state index < -0.39 is 11.5 Å². The maximum atomic E-state index is 12.0. The molecule has 3 aromatic rings. The van der Waals surface area contributed by atoms with Crippen LogP contribution in [0.3, 0.4) is 0 Å². The first-order valence-electron chi connectivity index (χ1n) is 8.02. The number of ether oxygens (including phenoxy) is 1. The van der Waals surface area contributed by atoms with E-state index in [9.17, 15) is 9.59 Å². The minimum atomic E-state index is -1.09. The number of nitrogens with one attached hydrogen (secondary N) is 1. The number of rotatable bonds is 6. The molecule has 2 aromatic carbocycles. The molecule has 1 aromatic heterocycles. The second kappa shape index (κ2) is 6.81. The predicted octanol–water partition coefficient (Wildman–Crippen LogP) is 2.85. The van der Waals surface area contributed by atoms with Gasteiger partial charge in [-0.15, -0.1) is 0 Å². The second-order valence-corrected chi connectivity index (χ2v) is 6.17. The van der Waals surface area contributed by atoms with E-state index in [1.54, 1.807) is 6.92 Å². The average molecular weight is 336 g/mol. The van der Waals surface area contributed by atoms with Gasteiger partial charge in [-0.1, -0.05) is 30.3 Å². The van der Waals surface area contributed by atoms with Crippen molar-refractivity contribution in [2.45, 2.75) is 18.9 Å². The number of benzene rings is 2. The first kappa shape index (κ1) is 16.8. The molecule has 5 heteroatoms. The van der Waals surface area contributed by atoms with E-state index in [0.29, 0.717) is 12.8 Å². The highest BCUT2D eigenvalue weighted by molar-refractivity contribution is 5.83. The van der Waals surface area contributed by atoms with Crippen LogP contribution >= 0.6 is 0 Å². The maximum absolute atomic E-state index is 12.0. The van der Waals surface area contributed by atoms with Crippen molar-refractivity contribution in [1.29, 1.82) is 0 Å². The van der Waals surface area contributed by atoms with Gasteiger partial charge in [-0.25, -0.2) is 4.79 Å².